The first kappa shape index (κ1) is 22.1. The Morgan fingerprint density at radius 1 is 1.17 bits per heavy atom. The number of benzene rings is 2. The summed E-state index contributed by atoms with van der Waals surface area (Å²) >= 11 is 0. The van der Waals surface area contributed by atoms with Crippen LogP contribution < -0.4 is 10.1 Å². The van der Waals surface area contributed by atoms with E-state index in [1.807, 2.05) is 30.3 Å². The molecule has 0 aliphatic heterocycles. The van der Waals surface area contributed by atoms with Crippen molar-refractivity contribution in [2.24, 2.45) is 0 Å². The zero-order valence-corrected chi connectivity index (χ0v) is 16.9. The van der Waals surface area contributed by atoms with Crippen LogP contribution in [0.15, 0.2) is 54.6 Å². The van der Waals surface area contributed by atoms with Crippen LogP contribution in [0.3, 0.4) is 0 Å². The van der Waals surface area contributed by atoms with Crippen LogP contribution in [0.25, 0.3) is 6.08 Å². The molecule has 5 nitrogen and oxygen atoms in total. The third-order valence-corrected chi connectivity index (χ3v) is 4.54. The molecule has 0 fully saturated rings. The molecule has 2 atom stereocenters. The van der Waals surface area contributed by atoms with Gasteiger partial charge in [-0.05, 0) is 42.7 Å². The van der Waals surface area contributed by atoms with E-state index < -0.39 is 17.9 Å². The number of methoxy groups -OCH3 is 1. The maximum absolute atomic E-state index is 13.7. The van der Waals surface area contributed by atoms with Crippen LogP contribution in [0.1, 0.15) is 37.3 Å². The summed E-state index contributed by atoms with van der Waals surface area (Å²) in [5.74, 6) is -1.26. The summed E-state index contributed by atoms with van der Waals surface area (Å²) in [6.07, 6.45) is 2.51. The van der Waals surface area contributed by atoms with Crippen molar-refractivity contribution in [3.8, 4) is 5.75 Å². The Morgan fingerprint density at radius 3 is 2.52 bits per heavy atom. The maximum atomic E-state index is 13.7. The Hall–Kier alpha value is -3.15. The molecule has 0 aromatic heterocycles. The Labute approximate surface area is 170 Å². The fraction of sp³-hybridized carbons (Fsp3) is 0.304. The van der Waals surface area contributed by atoms with Crippen molar-refractivity contribution in [2.75, 3.05) is 13.7 Å². The second-order valence-corrected chi connectivity index (χ2v) is 6.57. The summed E-state index contributed by atoms with van der Waals surface area (Å²) in [7, 11) is 1.38. The number of nitrogens with one attached hydrogen (secondary N) is 1. The van der Waals surface area contributed by atoms with E-state index in [0.717, 1.165) is 18.1 Å². The summed E-state index contributed by atoms with van der Waals surface area (Å²) in [6, 6.07) is 14.2. The topological polar surface area (TPSA) is 64.6 Å². The molecule has 2 rings (SSSR count). The molecule has 0 saturated carbocycles. The van der Waals surface area contributed by atoms with Gasteiger partial charge in [-0.25, -0.2) is 9.18 Å². The summed E-state index contributed by atoms with van der Waals surface area (Å²) in [5.41, 5.74) is 1.63. The number of amides is 1. The second kappa shape index (κ2) is 11.0. The molecule has 29 heavy (non-hydrogen) atoms. The molecule has 0 unspecified atom stereocenters. The number of halogens is 1. The minimum absolute atomic E-state index is 0.121. The van der Waals surface area contributed by atoms with Gasteiger partial charge in [-0.1, -0.05) is 43.3 Å². The van der Waals surface area contributed by atoms with Crippen LogP contribution in [-0.4, -0.2) is 31.6 Å². The molecule has 0 aliphatic carbocycles. The van der Waals surface area contributed by atoms with Crippen molar-refractivity contribution in [3.63, 3.8) is 0 Å². The second-order valence-electron chi connectivity index (χ2n) is 6.57. The monoisotopic (exact) mass is 399 g/mol. The third kappa shape index (κ3) is 6.75. The van der Waals surface area contributed by atoms with Gasteiger partial charge < -0.3 is 14.8 Å². The van der Waals surface area contributed by atoms with Crippen LogP contribution in [0.2, 0.25) is 0 Å². The molecule has 0 saturated heterocycles. The average Bonchev–Trinajstić information content (AvgIpc) is 2.73. The van der Waals surface area contributed by atoms with Gasteiger partial charge in [0.15, 0.2) is 17.7 Å². The number of hydrogen-bond donors (Lipinski definition) is 1. The molecular formula is C23H26FNO4. The third-order valence-electron chi connectivity index (χ3n) is 4.54. The van der Waals surface area contributed by atoms with Crippen LogP contribution in [-0.2, 0) is 14.3 Å². The summed E-state index contributed by atoms with van der Waals surface area (Å²) in [5, 5.41) is 2.83. The van der Waals surface area contributed by atoms with Crippen molar-refractivity contribution in [3.05, 3.63) is 71.6 Å². The molecule has 6 heteroatoms. The number of carbonyl (C=O) groups excluding carboxylic acids is 2. The summed E-state index contributed by atoms with van der Waals surface area (Å²) in [6.45, 7) is 4.03. The fourth-order valence-electron chi connectivity index (χ4n) is 2.81. The SMILES string of the molecule is CC[C@H](CNC(=O)[C@H](C)OC(=O)/C=C/c1ccc(OC)c(F)c1)c1ccccc1. The molecule has 0 bridgehead atoms. The van der Waals surface area contributed by atoms with Gasteiger partial charge >= 0.3 is 5.97 Å². The first-order valence-electron chi connectivity index (χ1n) is 9.49. The van der Waals surface area contributed by atoms with E-state index in [4.69, 9.17) is 9.47 Å². The standard InChI is InChI=1S/C23H26FNO4/c1-4-18(19-8-6-5-7-9-19)15-25-23(27)16(2)29-22(26)13-11-17-10-12-21(28-3)20(24)14-17/h5-14,16,18H,4,15H2,1-3H3,(H,25,27)/b13-11+/t16-,18+/m0/s1. The maximum Gasteiger partial charge on any atom is 0.331 e. The van der Waals surface area contributed by atoms with Crippen LogP contribution in [0.4, 0.5) is 4.39 Å². The quantitative estimate of drug-likeness (QED) is 0.510. The first-order chi connectivity index (χ1) is 13.9. The molecule has 2 aromatic carbocycles. The number of rotatable bonds is 9. The highest BCUT2D eigenvalue weighted by atomic mass is 19.1. The van der Waals surface area contributed by atoms with Crippen LogP contribution in [0.5, 0.6) is 5.75 Å². The van der Waals surface area contributed by atoms with E-state index in [9.17, 15) is 14.0 Å². The Balaban J connectivity index is 1.85. The van der Waals surface area contributed by atoms with Gasteiger partial charge in [0.1, 0.15) is 0 Å². The minimum Gasteiger partial charge on any atom is -0.494 e. The largest absolute Gasteiger partial charge is 0.494 e. The lowest BCUT2D eigenvalue weighted by Gasteiger charge is -2.18. The van der Waals surface area contributed by atoms with Crippen molar-refractivity contribution >= 4 is 18.0 Å². The Bertz CT molecular complexity index is 851. The van der Waals surface area contributed by atoms with Gasteiger partial charge in [0.25, 0.3) is 5.91 Å². The summed E-state index contributed by atoms with van der Waals surface area (Å²) < 4.78 is 23.6. The molecule has 2 aromatic rings. The summed E-state index contributed by atoms with van der Waals surface area (Å²) in [4.78, 5) is 24.2. The van der Waals surface area contributed by atoms with Crippen molar-refractivity contribution in [2.45, 2.75) is 32.3 Å². The van der Waals surface area contributed by atoms with Gasteiger partial charge in [0.2, 0.25) is 0 Å². The Kier molecular flexibility index (Phi) is 8.40. The van der Waals surface area contributed by atoms with Crippen molar-refractivity contribution in [1.82, 2.24) is 5.32 Å². The molecular weight excluding hydrogens is 373 g/mol. The van der Waals surface area contributed by atoms with Gasteiger partial charge in [0, 0.05) is 18.5 Å². The number of hydrogen-bond acceptors (Lipinski definition) is 4. The lowest BCUT2D eigenvalue weighted by atomic mass is 9.96. The number of carbonyl (C=O) groups is 2. The average molecular weight is 399 g/mol. The van der Waals surface area contributed by atoms with E-state index in [-0.39, 0.29) is 17.6 Å². The predicted octanol–water partition coefficient (Wildman–Crippen LogP) is 4.09. The van der Waals surface area contributed by atoms with Crippen LogP contribution in [0, 0.1) is 5.82 Å². The van der Waals surface area contributed by atoms with Gasteiger partial charge in [0.05, 0.1) is 7.11 Å². The normalized spacial score (nSPS) is 13.0. The van der Waals surface area contributed by atoms with E-state index in [1.165, 1.54) is 32.2 Å². The zero-order valence-electron chi connectivity index (χ0n) is 16.9. The number of ether oxygens (including phenoxy) is 2. The molecule has 154 valence electrons. The molecule has 0 spiro atoms. The van der Waals surface area contributed by atoms with Gasteiger partial charge in [-0.2, -0.15) is 0 Å². The zero-order chi connectivity index (χ0) is 21.2. The molecule has 0 heterocycles. The first-order valence-corrected chi connectivity index (χ1v) is 9.49. The van der Waals surface area contributed by atoms with Crippen LogP contribution >= 0.6 is 0 Å². The number of esters is 1. The van der Waals surface area contributed by atoms with Crippen molar-refractivity contribution < 1.29 is 23.5 Å². The predicted molar refractivity (Wildman–Crippen MR) is 110 cm³/mol. The van der Waals surface area contributed by atoms with E-state index >= 15 is 0 Å². The van der Waals surface area contributed by atoms with Gasteiger partial charge in [-0.3, -0.25) is 4.79 Å². The van der Waals surface area contributed by atoms with E-state index in [0.29, 0.717) is 12.1 Å². The highest BCUT2D eigenvalue weighted by Crippen LogP contribution is 2.19. The fourth-order valence-corrected chi connectivity index (χ4v) is 2.81. The van der Waals surface area contributed by atoms with E-state index in [2.05, 4.69) is 12.2 Å². The lowest BCUT2D eigenvalue weighted by Crippen LogP contribution is -2.37. The molecule has 1 N–H and O–H groups in total. The minimum atomic E-state index is -0.937. The molecule has 0 aliphatic rings. The van der Waals surface area contributed by atoms with Gasteiger partial charge in [-0.15, -0.1) is 0 Å². The Morgan fingerprint density at radius 2 is 1.90 bits per heavy atom. The van der Waals surface area contributed by atoms with E-state index in [1.54, 1.807) is 6.07 Å². The molecule has 1 amide bonds. The lowest BCUT2D eigenvalue weighted by molar-refractivity contribution is -0.150. The molecule has 0 radical (unpaired) electrons. The highest BCUT2D eigenvalue weighted by molar-refractivity contribution is 5.90. The van der Waals surface area contributed by atoms with Crippen molar-refractivity contribution in [1.29, 1.82) is 0 Å². The highest BCUT2D eigenvalue weighted by Gasteiger charge is 2.18. The smallest absolute Gasteiger partial charge is 0.331 e.